The molecule has 27 heavy (non-hydrogen) atoms. The molecule has 4 heterocycles. The lowest BCUT2D eigenvalue weighted by molar-refractivity contribution is 0.0985. The predicted octanol–water partition coefficient (Wildman–Crippen LogP) is 2.80. The molecule has 0 bridgehead atoms. The van der Waals surface area contributed by atoms with Crippen molar-refractivity contribution in [3.05, 3.63) is 36.3 Å². The summed E-state index contributed by atoms with van der Waals surface area (Å²) in [5.41, 5.74) is 2.10. The van der Waals surface area contributed by atoms with E-state index in [1.807, 2.05) is 24.4 Å². The van der Waals surface area contributed by atoms with Crippen LogP contribution in [0.1, 0.15) is 25.5 Å². The van der Waals surface area contributed by atoms with E-state index in [9.17, 15) is 5.26 Å². The minimum absolute atomic E-state index is 0.233. The first kappa shape index (κ1) is 16.2. The number of aromatic nitrogens is 4. The highest BCUT2D eigenvalue weighted by Gasteiger charge is 2.47. The van der Waals surface area contributed by atoms with Crippen molar-refractivity contribution in [2.24, 2.45) is 0 Å². The summed E-state index contributed by atoms with van der Waals surface area (Å²) in [7, 11) is 0. The van der Waals surface area contributed by atoms with Gasteiger partial charge in [-0.25, -0.2) is 15.0 Å². The third-order valence-corrected chi connectivity index (χ3v) is 5.53. The van der Waals surface area contributed by atoms with Gasteiger partial charge in [-0.05, 0) is 31.9 Å². The number of aromatic amines is 1. The van der Waals surface area contributed by atoms with E-state index in [0.717, 1.165) is 47.5 Å². The maximum atomic E-state index is 9.70. The number of hydrogen-bond acceptors (Lipinski definition) is 6. The van der Waals surface area contributed by atoms with Gasteiger partial charge in [-0.1, -0.05) is 0 Å². The van der Waals surface area contributed by atoms with E-state index in [1.165, 1.54) is 0 Å². The molecule has 2 fully saturated rings. The van der Waals surface area contributed by atoms with Gasteiger partial charge in [-0.3, -0.25) is 0 Å². The number of hydrogen-bond donors (Lipinski definition) is 1. The van der Waals surface area contributed by atoms with Crippen molar-refractivity contribution in [1.82, 2.24) is 19.9 Å². The van der Waals surface area contributed by atoms with Crippen LogP contribution < -0.4 is 4.90 Å². The maximum Gasteiger partial charge on any atom is 0.162 e. The molecule has 1 aliphatic heterocycles. The quantitative estimate of drug-likeness (QED) is 0.772. The standard InChI is InChI=1S/C20H20N6O/c1-13-11-27-9-8-26(13)17-10-16(20(12-21)4-5-20)24-19(25-17)15-3-7-23-18-14(15)2-6-22-18/h2-3,6-7,10,13H,4-5,8-9,11H2,1H3,(H,22,23)/t13-/m1/s1. The molecule has 5 rings (SSSR count). The van der Waals surface area contributed by atoms with Crippen LogP contribution in [0.15, 0.2) is 30.6 Å². The summed E-state index contributed by atoms with van der Waals surface area (Å²) < 4.78 is 5.58. The van der Waals surface area contributed by atoms with Gasteiger partial charge in [-0.15, -0.1) is 0 Å². The van der Waals surface area contributed by atoms with Gasteiger partial charge in [0, 0.05) is 36.0 Å². The van der Waals surface area contributed by atoms with Crippen molar-refractivity contribution in [1.29, 1.82) is 5.26 Å². The van der Waals surface area contributed by atoms with E-state index in [0.29, 0.717) is 19.0 Å². The first-order chi connectivity index (χ1) is 13.2. The number of pyridine rings is 1. The van der Waals surface area contributed by atoms with Crippen LogP contribution in [0.3, 0.4) is 0 Å². The fraction of sp³-hybridized carbons (Fsp3) is 0.400. The minimum Gasteiger partial charge on any atom is -0.377 e. The first-order valence-electron chi connectivity index (χ1n) is 9.28. The zero-order valence-electron chi connectivity index (χ0n) is 15.1. The third-order valence-electron chi connectivity index (χ3n) is 5.53. The largest absolute Gasteiger partial charge is 0.377 e. The number of anilines is 1. The average Bonchev–Trinajstić information content (AvgIpc) is 3.36. The molecule has 1 saturated heterocycles. The van der Waals surface area contributed by atoms with Crippen LogP contribution in [0.25, 0.3) is 22.4 Å². The lowest BCUT2D eigenvalue weighted by Gasteiger charge is -2.34. The summed E-state index contributed by atoms with van der Waals surface area (Å²) in [6.07, 6.45) is 5.34. The Bertz CT molecular complexity index is 1050. The second-order valence-corrected chi connectivity index (χ2v) is 7.34. The zero-order valence-corrected chi connectivity index (χ0v) is 15.1. The van der Waals surface area contributed by atoms with Crippen molar-refractivity contribution < 1.29 is 4.74 Å². The van der Waals surface area contributed by atoms with E-state index in [1.54, 1.807) is 6.20 Å². The first-order valence-corrected chi connectivity index (χ1v) is 9.28. The van der Waals surface area contributed by atoms with Crippen LogP contribution in [0.5, 0.6) is 0 Å². The summed E-state index contributed by atoms with van der Waals surface area (Å²) in [5, 5.41) is 10.7. The molecule has 1 saturated carbocycles. The van der Waals surface area contributed by atoms with Crippen LogP contribution >= 0.6 is 0 Å². The van der Waals surface area contributed by atoms with Crippen molar-refractivity contribution in [3.8, 4) is 17.5 Å². The smallest absolute Gasteiger partial charge is 0.162 e. The van der Waals surface area contributed by atoms with Gasteiger partial charge in [-0.2, -0.15) is 5.26 Å². The molecule has 1 N–H and O–H groups in total. The van der Waals surface area contributed by atoms with Gasteiger partial charge < -0.3 is 14.6 Å². The van der Waals surface area contributed by atoms with Gasteiger partial charge in [0.15, 0.2) is 5.82 Å². The van der Waals surface area contributed by atoms with Crippen LogP contribution in [0.2, 0.25) is 0 Å². The minimum atomic E-state index is -0.466. The number of fused-ring (bicyclic) bond motifs is 1. The van der Waals surface area contributed by atoms with Crippen molar-refractivity contribution in [2.45, 2.75) is 31.2 Å². The van der Waals surface area contributed by atoms with Crippen molar-refractivity contribution >= 4 is 16.9 Å². The Balaban J connectivity index is 1.69. The highest BCUT2D eigenvalue weighted by Crippen LogP contribution is 2.47. The van der Waals surface area contributed by atoms with E-state index in [2.05, 4.69) is 27.9 Å². The Morgan fingerprint density at radius 3 is 3.00 bits per heavy atom. The van der Waals surface area contributed by atoms with Crippen molar-refractivity contribution in [3.63, 3.8) is 0 Å². The Labute approximate surface area is 157 Å². The molecule has 136 valence electrons. The normalized spacial score (nSPS) is 21.2. The lowest BCUT2D eigenvalue weighted by Crippen LogP contribution is -2.44. The maximum absolute atomic E-state index is 9.70. The zero-order chi connectivity index (χ0) is 18.4. The van der Waals surface area contributed by atoms with E-state index in [-0.39, 0.29) is 6.04 Å². The Morgan fingerprint density at radius 2 is 2.22 bits per heavy atom. The fourth-order valence-electron chi connectivity index (χ4n) is 3.72. The molecule has 3 aromatic rings. The van der Waals surface area contributed by atoms with Gasteiger partial charge in [0.2, 0.25) is 0 Å². The molecule has 0 amide bonds. The second kappa shape index (κ2) is 6.03. The molecule has 0 spiro atoms. The van der Waals surface area contributed by atoms with Crippen LogP contribution in [-0.2, 0) is 10.2 Å². The van der Waals surface area contributed by atoms with Crippen LogP contribution in [-0.4, -0.2) is 45.7 Å². The fourth-order valence-corrected chi connectivity index (χ4v) is 3.72. The van der Waals surface area contributed by atoms with E-state index in [4.69, 9.17) is 14.7 Å². The summed E-state index contributed by atoms with van der Waals surface area (Å²) >= 11 is 0. The molecule has 2 aliphatic rings. The number of ether oxygens (including phenoxy) is 1. The summed E-state index contributed by atoms with van der Waals surface area (Å²) in [5.74, 6) is 1.52. The van der Waals surface area contributed by atoms with Gasteiger partial charge in [0.25, 0.3) is 0 Å². The Morgan fingerprint density at radius 1 is 1.33 bits per heavy atom. The SMILES string of the molecule is C[C@@H]1COCCN1c1cc(C2(C#N)CC2)nc(-c2ccnc3[nH]ccc23)n1. The molecule has 7 heteroatoms. The van der Waals surface area contributed by atoms with Gasteiger partial charge in [0.1, 0.15) is 11.5 Å². The van der Waals surface area contributed by atoms with E-state index >= 15 is 0 Å². The van der Waals surface area contributed by atoms with Gasteiger partial charge in [0.05, 0.1) is 36.4 Å². The van der Waals surface area contributed by atoms with Crippen LogP contribution in [0, 0.1) is 11.3 Å². The number of nitriles is 1. The topological polar surface area (TPSA) is 90.7 Å². The third kappa shape index (κ3) is 2.64. The molecule has 0 unspecified atom stereocenters. The molecule has 0 aromatic carbocycles. The lowest BCUT2D eigenvalue weighted by atomic mass is 10.0. The van der Waals surface area contributed by atoms with Crippen LogP contribution in [0.4, 0.5) is 5.82 Å². The van der Waals surface area contributed by atoms with Gasteiger partial charge >= 0.3 is 0 Å². The molecule has 7 nitrogen and oxygen atoms in total. The molecule has 3 aromatic heterocycles. The Hall–Kier alpha value is -2.98. The number of morpholine rings is 1. The Kier molecular flexibility index (Phi) is 3.62. The highest BCUT2D eigenvalue weighted by molar-refractivity contribution is 5.91. The second-order valence-electron chi connectivity index (χ2n) is 7.34. The monoisotopic (exact) mass is 360 g/mol. The molecule has 1 atom stereocenters. The molecular formula is C20H20N6O. The molecule has 0 radical (unpaired) electrons. The predicted molar refractivity (Wildman–Crippen MR) is 101 cm³/mol. The van der Waals surface area contributed by atoms with Crippen molar-refractivity contribution in [2.75, 3.05) is 24.7 Å². The summed E-state index contributed by atoms with van der Waals surface area (Å²) in [6, 6.07) is 8.62. The number of nitrogens with zero attached hydrogens (tertiary/aromatic N) is 5. The summed E-state index contributed by atoms with van der Waals surface area (Å²) in [4.78, 5) is 19.5. The highest BCUT2D eigenvalue weighted by atomic mass is 16.5. The van der Waals surface area contributed by atoms with E-state index < -0.39 is 5.41 Å². The molecule has 1 aliphatic carbocycles. The number of H-pyrrole nitrogens is 1. The average molecular weight is 360 g/mol. The number of rotatable bonds is 3. The summed E-state index contributed by atoms with van der Waals surface area (Å²) in [6.45, 7) is 4.27. The number of nitrogens with one attached hydrogen (secondary N) is 1. The molecular weight excluding hydrogens is 340 g/mol.